The van der Waals surface area contributed by atoms with Crippen molar-refractivity contribution in [2.45, 2.75) is 18.6 Å². The first-order valence-corrected chi connectivity index (χ1v) is 4.80. The predicted octanol–water partition coefficient (Wildman–Crippen LogP) is 0.677. The number of aliphatic hydroxyl groups excluding tert-OH is 3. The van der Waals surface area contributed by atoms with Gasteiger partial charge in [0.05, 0.1) is 6.61 Å². The van der Waals surface area contributed by atoms with Gasteiger partial charge < -0.3 is 25.2 Å². The zero-order valence-electron chi connectivity index (χ0n) is 8.92. The van der Waals surface area contributed by atoms with E-state index in [4.69, 9.17) is 10.2 Å². The molecule has 0 aromatic heterocycles. The zero-order valence-corrected chi connectivity index (χ0v) is 8.92. The second-order valence-corrected chi connectivity index (χ2v) is 3.46. The summed E-state index contributed by atoms with van der Waals surface area (Å²) in [5.74, 6) is -1.18. The van der Waals surface area contributed by atoms with E-state index < -0.39 is 42.2 Å². The van der Waals surface area contributed by atoms with E-state index in [2.05, 4.69) is 4.74 Å². The van der Waals surface area contributed by atoms with Gasteiger partial charge in [-0.2, -0.15) is 0 Å². The average molecular weight is 268 g/mol. The minimum Gasteiger partial charge on any atom is -0.508 e. The molecule has 0 fully saturated rings. The minimum absolute atomic E-state index is 0.413. The Bertz CT molecular complexity index is 407. The first kappa shape index (κ1) is 14.6. The minimum atomic E-state index is -4.98. The Balaban J connectivity index is 3.11. The SMILES string of the molecule is OCC(O)C(O)c1cc(O)ccc1OC(F)(F)F. The van der Waals surface area contributed by atoms with Gasteiger partial charge in [0.1, 0.15) is 23.7 Å². The van der Waals surface area contributed by atoms with E-state index in [-0.39, 0.29) is 0 Å². The molecular formula is C10H11F3O5. The predicted molar refractivity (Wildman–Crippen MR) is 52.8 cm³/mol. The van der Waals surface area contributed by atoms with Gasteiger partial charge in [0.2, 0.25) is 0 Å². The third kappa shape index (κ3) is 3.76. The van der Waals surface area contributed by atoms with Gasteiger partial charge >= 0.3 is 6.36 Å². The van der Waals surface area contributed by atoms with Gasteiger partial charge in [-0.25, -0.2) is 0 Å². The second kappa shape index (κ2) is 5.42. The molecule has 0 spiro atoms. The van der Waals surface area contributed by atoms with Crippen LogP contribution in [0.3, 0.4) is 0 Å². The molecule has 0 saturated heterocycles. The largest absolute Gasteiger partial charge is 0.573 e. The van der Waals surface area contributed by atoms with Crippen LogP contribution in [0.5, 0.6) is 11.5 Å². The number of ether oxygens (including phenoxy) is 1. The summed E-state index contributed by atoms with van der Waals surface area (Å²) in [6, 6.07) is 2.54. The molecule has 0 bridgehead atoms. The van der Waals surface area contributed by atoms with E-state index in [0.29, 0.717) is 0 Å². The smallest absolute Gasteiger partial charge is 0.508 e. The summed E-state index contributed by atoms with van der Waals surface area (Å²) in [4.78, 5) is 0. The zero-order chi connectivity index (χ0) is 13.9. The van der Waals surface area contributed by atoms with Crippen LogP contribution in [0.4, 0.5) is 13.2 Å². The average Bonchev–Trinajstić information content (AvgIpc) is 2.27. The quantitative estimate of drug-likeness (QED) is 0.644. The fourth-order valence-corrected chi connectivity index (χ4v) is 1.29. The second-order valence-electron chi connectivity index (χ2n) is 3.46. The van der Waals surface area contributed by atoms with Crippen molar-refractivity contribution in [3.8, 4) is 11.5 Å². The van der Waals surface area contributed by atoms with E-state index in [1.807, 2.05) is 0 Å². The van der Waals surface area contributed by atoms with Crippen LogP contribution in [0.2, 0.25) is 0 Å². The Morgan fingerprint density at radius 1 is 1.22 bits per heavy atom. The van der Waals surface area contributed by atoms with Crippen LogP contribution in [0.1, 0.15) is 11.7 Å². The third-order valence-electron chi connectivity index (χ3n) is 2.09. The first-order chi connectivity index (χ1) is 8.24. The van der Waals surface area contributed by atoms with Crippen molar-refractivity contribution in [2.24, 2.45) is 0 Å². The summed E-state index contributed by atoms with van der Waals surface area (Å²) < 4.78 is 39.9. The molecule has 5 nitrogen and oxygen atoms in total. The topological polar surface area (TPSA) is 90.2 Å². The van der Waals surface area contributed by atoms with Crippen LogP contribution < -0.4 is 4.74 Å². The van der Waals surface area contributed by atoms with Crippen molar-refractivity contribution in [2.75, 3.05) is 6.61 Å². The lowest BCUT2D eigenvalue weighted by molar-refractivity contribution is -0.275. The van der Waals surface area contributed by atoms with Crippen molar-refractivity contribution in [1.82, 2.24) is 0 Å². The first-order valence-electron chi connectivity index (χ1n) is 4.80. The summed E-state index contributed by atoms with van der Waals surface area (Å²) in [5, 5.41) is 36.5. The molecule has 2 unspecified atom stereocenters. The molecule has 0 heterocycles. The summed E-state index contributed by atoms with van der Waals surface area (Å²) >= 11 is 0. The van der Waals surface area contributed by atoms with Crippen molar-refractivity contribution in [3.63, 3.8) is 0 Å². The van der Waals surface area contributed by atoms with Gasteiger partial charge in [0, 0.05) is 5.56 Å². The Morgan fingerprint density at radius 2 is 1.83 bits per heavy atom. The number of phenols is 1. The molecule has 1 aromatic carbocycles. The Morgan fingerprint density at radius 3 is 2.33 bits per heavy atom. The number of hydrogen-bond donors (Lipinski definition) is 4. The number of alkyl halides is 3. The van der Waals surface area contributed by atoms with E-state index in [1.165, 1.54) is 0 Å². The van der Waals surface area contributed by atoms with E-state index in [9.17, 15) is 23.4 Å². The van der Waals surface area contributed by atoms with Crippen LogP contribution in [-0.4, -0.2) is 39.5 Å². The van der Waals surface area contributed by atoms with Crippen molar-refractivity contribution in [1.29, 1.82) is 0 Å². The fourth-order valence-electron chi connectivity index (χ4n) is 1.29. The van der Waals surface area contributed by atoms with Gasteiger partial charge in [-0.15, -0.1) is 13.2 Å². The number of halogens is 3. The Labute approximate surface area is 99.7 Å². The van der Waals surface area contributed by atoms with Gasteiger partial charge in [-0.3, -0.25) is 0 Å². The highest BCUT2D eigenvalue weighted by molar-refractivity contribution is 5.41. The van der Waals surface area contributed by atoms with Crippen LogP contribution in [0.15, 0.2) is 18.2 Å². The lowest BCUT2D eigenvalue weighted by atomic mass is 10.0. The van der Waals surface area contributed by atoms with Crippen molar-refractivity contribution in [3.05, 3.63) is 23.8 Å². The Kier molecular flexibility index (Phi) is 4.38. The lowest BCUT2D eigenvalue weighted by Gasteiger charge is -2.20. The lowest BCUT2D eigenvalue weighted by Crippen LogP contribution is -2.24. The van der Waals surface area contributed by atoms with E-state index in [1.54, 1.807) is 0 Å². The molecule has 1 rings (SSSR count). The molecule has 1 aromatic rings. The molecule has 0 aliphatic rings. The fraction of sp³-hybridized carbons (Fsp3) is 0.400. The molecule has 8 heteroatoms. The number of rotatable bonds is 4. The molecule has 102 valence electrons. The monoisotopic (exact) mass is 268 g/mol. The molecule has 0 amide bonds. The number of aromatic hydroxyl groups is 1. The molecule has 0 aliphatic heterocycles. The van der Waals surface area contributed by atoms with Crippen LogP contribution >= 0.6 is 0 Å². The maximum absolute atomic E-state index is 12.1. The summed E-state index contributed by atoms with van der Waals surface area (Å²) in [6.45, 7) is -0.859. The highest BCUT2D eigenvalue weighted by Gasteiger charge is 2.33. The highest BCUT2D eigenvalue weighted by Crippen LogP contribution is 2.34. The third-order valence-corrected chi connectivity index (χ3v) is 2.09. The molecule has 4 N–H and O–H groups in total. The summed E-state index contributed by atoms with van der Waals surface area (Å²) in [6.07, 6.45) is -8.49. The summed E-state index contributed by atoms with van der Waals surface area (Å²) in [7, 11) is 0. The molecular weight excluding hydrogens is 257 g/mol. The highest BCUT2D eigenvalue weighted by atomic mass is 19.4. The van der Waals surface area contributed by atoms with Gasteiger partial charge in [0.25, 0.3) is 0 Å². The molecule has 0 aliphatic carbocycles. The van der Waals surface area contributed by atoms with Crippen LogP contribution in [0, 0.1) is 0 Å². The number of phenolic OH excluding ortho intramolecular Hbond substituents is 1. The molecule has 2 atom stereocenters. The Hall–Kier alpha value is -1.51. The van der Waals surface area contributed by atoms with Crippen LogP contribution in [-0.2, 0) is 0 Å². The maximum atomic E-state index is 12.1. The number of benzene rings is 1. The van der Waals surface area contributed by atoms with Gasteiger partial charge in [0.15, 0.2) is 0 Å². The molecule has 0 radical (unpaired) electrons. The van der Waals surface area contributed by atoms with Gasteiger partial charge in [-0.05, 0) is 18.2 Å². The molecule has 18 heavy (non-hydrogen) atoms. The van der Waals surface area contributed by atoms with Crippen molar-refractivity contribution >= 4 is 0 Å². The van der Waals surface area contributed by atoms with Gasteiger partial charge in [-0.1, -0.05) is 0 Å². The standard InChI is InChI=1S/C10H11F3O5/c11-10(12,13)18-8-2-1-5(15)3-6(8)9(17)7(16)4-14/h1-3,7,9,14-17H,4H2. The molecule has 0 saturated carbocycles. The van der Waals surface area contributed by atoms with Crippen molar-refractivity contribution < 1.29 is 38.3 Å². The van der Waals surface area contributed by atoms with E-state index in [0.717, 1.165) is 18.2 Å². The van der Waals surface area contributed by atoms with E-state index >= 15 is 0 Å². The number of hydrogen-bond acceptors (Lipinski definition) is 5. The summed E-state index contributed by atoms with van der Waals surface area (Å²) in [5.41, 5.74) is -0.478. The number of aliphatic hydroxyl groups is 3. The normalized spacial score (nSPS) is 15.2. The van der Waals surface area contributed by atoms with Crippen LogP contribution in [0.25, 0.3) is 0 Å². The maximum Gasteiger partial charge on any atom is 0.573 e.